The molecule has 1 fully saturated rings. The van der Waals surface area contributed by atoms with Gasteiger partial charge in [0.25, 0.3) is 6.43 Å². The van der Waals surface area contributed by atoms with Gasteiger partial charge in [-0.1, -0.05) is 0 Å². The molecule has 1 N–H and O–H groups in total. The second-order valence-electron chi connectivity index (χ2n) is 3.93. The van der Waals surface area contributed by atoms with Crippen LogP contribution in [0, 0.1) is 0 Å². The maximum absolute atomic E-state index is 12.9. The number of rotatable bonds is 1. The molecule has 0 spiro atoms. The van der Waals surface area contributed by atoms with Crippen LogP contribution in [0.2, 0.25) is 0 Å². The Morgan fingerprint density at radius 2 is 2.18 bits per heavy atom. The maximum Gasteiger partial charge on any atom is 0.280 e. The topological polar surface area (TPSA) is 50.4 Å². The van der Waals surface area contributed by atoms with E-state index in [1.807, 2.05) is 0 Å². The third kappa shape index (κ3) is 1.56. The molecule has 0 unspecified atom stereocenters. The van der Waals surface area contributed by atoms with Crippen LogP contribution in [0.3, 0.4) is 0 Å². The molecule has 0 saturated heterocycles. The smallest absolute Gasteiger partial charge is 0.280 e. The molecule has 0 atom stereocenters. The van der Waals surface area contributed by atoms with E-state index in [0.29, 0.717) is 10.6 Å². The molecule has 6 heteroatoms. The van der Waals surface area contributed by atoms with E-state index in [2.05, 4.69) is 10.1 Å². The van der Waals surface area contributed by atoms with Gasteiger partial charge >= 0.3 is 0 Å². The number of halogens is 2. The molecule has 1 aliphatic rings. The summed E-state index contributed by atoms with van der Waals surface area (Å²) >= 11 is 0. The fourth-order valence-electron chi connectivity index (χ4n) is 1.75. The first-order valence-corrected chi connectivity index (χ1v) is 5.20. The van der Waals surface area contributed by atoms with Gasteiger partial charge in [0.05, 0.1) is 23.0 Å². The Labute approximate surface area is 94.5 Å². The van der Waals surface area contributed by atoms with E-state index in [0.717, 1.165) is 29.2 Å². The first-order chi connectivity index (χ1) is 8.20. The highest BCUT2D eigenvalue weighted by atomic mass is 19.3. The van der Waals surface area contributed by atoms with Gasteiger partial charge < -0.3 is 5.11 Å². The molecular weight excluding hydrogens is 228 g/mol. The summed E-state index contributed by atoms with van der Waals surface area (Å²) in [6.45, 7) is 0. The number of alkyl halides is 2. The Balaban J connectivity index is 2.47. The minimum atomic E-state index is -2.62. The SMILES string of the molecule is OC=c1cnn2c(C(F)F)cc(=C3CC3)nc12. The van der Waals surface area contributed by atoms with Crippen molar-refractivity contribution in [3.8, 4) is 0 Å². The third-order valence-corrected chi connectivity index (χ3v) is 2.75. The molecule has 17 heavy (non-hydrogen) atoms. The summed E-state index contributed by atoms with van der Waals surface area (Å²) in [6, 6.07) is 1.37. The Morgan fingerprint density at radius 1 is 1.41 bits per heavy atom. The molecule has 3 rings (SSSR count). The summed E-state index contributed by atoms with van der Waals surface area (Å²) in [5.41, 5.74) is 1.14. The van der Waals surface area contributed by atoms with E-state index in [1.54, 1.807) is 0 Å². The van der Waals surface area contributed by atoms with Crippen molar-refractivity contribution in [2.75, 3.05) is 0 Å². The second-order valence-corrected chi connectivity index (χ2v) is 3.93. The van der Waals surface area contributed by atoms with Crippen LogP contribution in [0.5, 0.6) is 0 Å². The number of fused-ring (bicyclic) bond motifs is 1. The van der Waals surface area contributed by atoms with Crippen LogP contribution in [0.4, 0.5) is 8.78 Å². The normalized spacial score (nSPS) is 16.2. The number of aromatic nitrogens is 3. The molecule has 4 nitrogen and oxygen atoms in total. The molecule has 1 aliphatic carbocycles. The molecule has 0 amide bonds. The van der Waals surface area contributed by atoms with E-state index in [4.69, 9.17) is 5.11 Å². The van der Waals surface area contributed by atoms with E-state index in [-0.39, 0.29) is 11.3 Å². The lowest BCUT2D eigenvalue weighted by atomic mass is 10.3. The average molecular weight is 237 g/mol. The Bertz CT molecular complexity index is 699. The van der Waals surface area contributed by atoms with Crippen LogP contribution >= 0.6 is 0 Å². The van der Waals surface area contributed by atoms with Gasteiger partial charge in [-0.3, -0.25) is 0 Å². The molecule has 0 radical (unpaired) electrons. The molecule has 0 aromatic carbocycles. The van der Waals surface area contributed by atoms with E-state index >= 15 is 0 Å². The van der Waals surface area contributed by atoms with Crippen molar-refractivity contribution in [3.05, 3.63) is 28.5 Å². The minimum Gasteiger partial charge on any atom is -0.515 e. The molecule has 1 saturated carbocycles. The predicted molar refractivity (Wildman–Crippen MR) is 56.9 cm³/mol. The Hall–Kier alpha value is -1.98. The number of aliphatic hydroxyl groups is 1. The van der Waals surface area contributed by atoms with Crippen molar-refractivity contribution in [1.82, 2.24) is 14.6 Å². The monoisotopic (exact) mass is 237 g/mol. The van der Waals surface area contributed by atoms with Gasteiger partial charge in [-0.15, -0.1) is 0 Å². The van der Waals surface area contributed by atoms with Gasteiger partial charge in [0, 0.05) is 0 Å². The fraction of sp³-hybridized carbons (Fsp3) is 0.273. The van der Waals surface area contributed by atoms with E-state index < -0.39 is 6.43 Å². The fourth-order valence-corrected chi connectivity index (χ4v) is 1.75. The summed E-state index contributed by atoms with van der Waals surface area (Å²) in [5.74, 6) is 0. The van der Waals surface area contributed by atoms with Crippen LogP contribution in [-0.4, -0.2) is 19.7 Å². The van der Waals surface area contributed by atoms with Crippen molar-refractivity contribution >= 4 is 17.5 Å². The van der Waals surface area contributed by atoms with Crippen LogP contribution in [0.25, 0.3) is 17.5 Å². The van der Waals surface area contributed by atoms with Crippen molar-refractivity contribution in [3.63, 3.8) is 0 Å². The summed E-state index contributed by atoms with van der Waals surface area (Å²) in [4.78, 5) is 4.25. The lowest BCUT2D eigenvalue weighted by Crippen LogP contribution is -2.16. The summed E-state index contributed by atoms with van der Waals surface area (Å²) in [7, 11) is 0. The largest absolute Gasteiger partial charge is 0.515 e. The van der Waals surface area contributed by atoms with Gasteiger partial charge in [-0.05, 0) is 24.5 Å². The average Bonchev–Trinajstić information content (AvgIpc) is 3.08. The van der Waals surface area contributed by atoms with Crippen molar-refractivity contribution in [1.29, 1.82) is 0 Å². The molecule has 2 heterocycles. The maximum atomic E-state index is 12.9. The highest BCUT2D eigenvalue weighted by Gasteiger charge is 2.18. The minimum absolute atomic E-state index is 0.197. The molecular formula is C11H9F2N3O. The second kappa shape index (κ2) is 3.51. The molecule has 0 bridgehead atoms. The zero-order valence-corrected chi connectivity index (χ0v) is 8.77. The van der Waals surface area contributed by atoms with Gasteiger partial charge in [-0.25, -0.2) is 18.3 Å². The van der Waals surface area contributed by atoms with Crippen molar-refractivity contribution < 1.29 is 13.9 Å². The molecule has 88 valence electrons. The zero-order chi connectivity index (χ0) is 12.0. The van der Waals surface area contributed by atoms with E-state index in [9.17, 15) is 8.78 Å². The van der Waals surface area contributed by atoms with Crippen LogP contribution in [-0.2, 0) is 0 Å². The van der Waals surface area contributed by atoms with Crippen molar-refractivity contribution in [2.45, 2.75) is 19.3 Å². The summed E-state index contributed by atoms with van der Waals surface area (Å²) < 4.78 is 26.9. The summed E-state index contributed by atoms with van der Waals surface area (Å²) in [6.07, 6.45) is 1.32. The first kappa shape index (κ1) is 10.2. The highest BCUT2D eigenvalue weighted by Crippen LogP contribution is 2.27. The number of hydrogen-bond donors (Lipinski definition) is 1. The Kier molecular flexibility index (Phi) is 2.10. The van der Waals surface area contributed by atoms with Crippen LogP contribution in [0.15, 0.2) is 12.3 Å². The lowest BCUT2D eigenvalue weighted by Gasteiger charge is -2.02. The Morgan fingerprint density at radius 3 is 2.76 bits per heavy atom. The number of hydrogen-bond acceptors (Lipinski definition) is 3. The zero-order valence-electron chi connectivity index (χ0n) is 8.77. The van der Waals surface area contributed by atoms with Crippen molar-refractivity contribution in [2.24, 2.45) is 0 Å². The lowest BCUT2D eigenvalue weighted by molar-refractivity contribution is 0.143. The molecule has 2 aromatic rings. The molecule has 2 aromatic heterocycles. The van der Waals surface area contributed by atoms with Gasteiger partial charge in [-0.2, -0.15) is 5.10 Å². The summed E-state index contributed by atoms with van der Waals surface area (Å²) in [5, 5.41) is 13.7. The standard InChI is InChI=1S/C11H9F2N3O/c12-10(13)9-3-8(6-1-2-6)15-11-7(5-17)4-14-16(9)11/h3-5,10,17H,1-2H2. The highest BCUT2D eigenvalue weighted by molar-refractivity contribution is 5.58. The van der Waals surface area contributed by atoms with Gasteiger partial charge in [0.2, 0.25) is 0 Å². The van der Waals surface area contributed by atoms with Gasteiger partial charge in [0.15, 0.2) is 5.65 Å². The molecule has 0 aliphatic heterocycles. The number of aliphatic hydroxyl groups excluding tert-OH is 1. The third-order valence-electron chi connectivity index (χ3n) is 2.75. The van der Waals surface area contributed by atoms with Crippen LogP contribution < -0.4 is 10.6 Å². The first-order valence-electron chi connectivity index (χ1n) is 5.20. The number of nitrogens with zero attached hydrogens (tertiary/aromatic N) is 3. The van der Waals surface area contributed by atoms with Gasteiger partial charge in [0.1, 0.15) is 5.69 Å². The van der Waals surface area contributed by atoms with Crippen LogP contribution in [0.1, 0.15) is 25.0 Å². The van der Waals surface area contributed by atoms with E-state index in [1.165, 1.54) is 12.3 Å². The quantitative estimate of drug-likeness (QED) is 0.802. The predicted octanol–water partition coefficient (Wildman–Crippen LogP) is 0.907.